The maximum atomic E-state index is 8.56. The number of anilines is 1. The van der Waals surface area contributed by atoms with Gasteiger partial charge in [-0.15, -0.1) is 0 Å². The van der Waals surface area contributed by atoms with Crippen LogP contribution in [-0.2, 0) is 0 Å². The quantitative estimate of drug-likeness (QED) is 0.346. The largest absolute Gasteiger partial charge is 0.478 e. The molecule has 0 bridgehead atoms. The van der Waals surface area contributed by atoms with Crippen LogP contribution < -0.4 is 15.4 Å². The molecule has 0 radical (unpaired) electrons. The second-order valence-electron chi connectivity index (χ2n) is 4.02. The second kappa shape index (κ2) is 6.68. The smallest absolute Gasteiger partial charge is 0.215 e. The summed E-state index contributed by atoms with van der Waals surface area (Å²) in [7, 11) is 1.91. The standard InChI is InChI=1S/C12H20N4O2/c1-4-18-12-7-5-6-11(14-12)16(3)9(2)8-10(13)15-17/h5-7,9,17H,4,8H2,1-3H3,(H2,13,15). The lowest BCUT2D eigenvalue weighted by atomic mass is 10.2. The fourth-order valence-corrected chi connectivity index (χ4v) is 1.53. The Morgan fingerprint density at radius 3 is 2.94 bits per heavy atom. The van der Waals surface area contributed by atoms with Gasteiger partial charge in [0.25, 0.3) is 0 Å². The van der Waals surface area contributed by atoms with E-state index >= 15 is 0 Å². The fraction of sp³-hybridized carbons (Fsp3) is 0.500. The van der Waals surface area contributed by atoms with Gasteiger partial charge in [0.2, 0.25) is 5.88 Å². The Bertz CT molecular complexity index is 409. The highest BCUT2D eigenvalue weighted by Gasteiger charge is 2.13. The Morgan fingerprint density at radius 2 is 2.33 bits per heavy atom. The predicted molar refractivity (Wildman–Crippen MR) is 71.3 cm³/mol. The van der Waals surface area contributed by atoms with Crippen LogP contribution in [0.4, 0.5) is 5.82 Å². The van der Waals surface area contributed by atoms with E-state index in [1.165, 1.54) is 0 Å². The fourth-order valence-electron chi connectivity index (χ4n) is 1.53. The Balaban J connectivity index is 2.76. The molecule has 1 rings (SSSR count). The summed E-state index contributed by atoms with van der Waals surface area (Å²) in [6.07, 6.45) is 0.466. The van der Waals surface area contributed by atoms with Crippen LogP contribution in [-0.4, -0.2) is 35.7 Å². The molecule has 18 heavy (non-hydrogen) atoms. The highest BCUT2D eigenvalue weighted by Crippen LogP contribution is 2.17. The highest BCUT2D eigenvalue weighted by atomic mass is 16.5. The summed E-state index contributed by atoms with van der Waals surface area (Å²) < 4.78 is 5.35. The van der Waals surface area contributed by atoms with Crippen molar-refractivity contribution in [3.8, 4) is 5.88 Å². The molecule has 1 atom stereocenters. The van der Waals surface area contributed by atoms with Crippen LogP contribution in [0.3, 0.4) is 0 Å². The van der Waals surface area contributed by atoms with Crippen LogP contribution in [0.15, 0.2) is 23.4 Å². The van der Waals surface area contributed by atoms with Gasteiger partial charge in [-0.25, -0.2) is 0 Å². The van der Waals surface area contributed by atoms with Crippen molar-refractivity contribution in [1.82, 2.24) is 4.98 Å². The molecule has 1 aromatic rings. The molecule has 0 aliphatic heterocycles. The van der Waals surface area contributed by atoms with Gasteiger partial charge in [-0.05, 0) is 19.9 Å². The average Bonchev–Trinajstić information content (AvgIpc) is 2.38. The van der Waals surface area contributed by atoms with E-state index in [0.29, 0.717) is 18.9 Å². The van der Waals surface area contributed by atoms with Crippen molar-refractivity contribution in [2.75, 3.05) is 18.6 Å². The molecule has 0 saturated carbocycles. The zero-order valence-electron chi connectivity index (χ0n) is 11.0. The minimum absolute atomic E-state index is 0.0743. The van der Waals surface area contributed by atoms with E-state index in [-0.39, 0.29) is 11.9 Å². The van der Waals surface area contributed by atoms with Crippen LogP contribution in [0.2, 0.25) is 0 Å². The van der Waals surface area contributed by atoms with Gasteiger partial charge in [-0.3, -0.25) is 0 Å². The first-order valence-corrected chi connectivity index (χ1v) is 5.87. The Hall–Kier alpha value is -1.98. The lowest BCUT2D eigenvalue weighted by Crippen LogP contribution is -2.33. The first-order chi connectivity index (χ1) is 8.58. The third kappa shape index (κ3) is 3.80. The normalized spacial score (nSPS) is 13.2. The Kier molecular flexibility index (Phi) is 5.23. The third-order valence-electron chi connectivity index (χ3n) is 2.66. The van der Waals surface area contributed by atoms with E-state index in [1.807, 2.05) is 44.0 Å². The number of hydrogen-bond donors (Lipinski definition) is 2. The number of rotatable bonds is 6. The molecular formula is C12H20N4O2. The monoisotopic (exact) mass is 252 g/mol. The summed E-state index contributed by atoms with van der Waals surface area (Å²) in [6.45, 7) is 4.48. The number of amidine groups is 1. The van der Waals surface area contributed by atoms with Gasteiger partial charge in [-0.1, -0.05) is 11.2 Å². The molecule has 0 saturated heterocycles. The minimum atomic E-state index is 0.0743. The van der Waals surface area contributed by atoms with E-state index in [0.717, 1.165) is 5.82 Å². The second-order valence-corrected chi connectivity index (χ2v) is 4.02. The summed E-state index contributed by atoms with van der Waals surface area (Å²) in [5, 5.41) is 11.5. The lowest BCUT2D eigenvalue weighted by molar-refractivity contribution is 0.316. The molecular weight excluding hydrogens is 232 g/mol. The molecule has 6 heteroatoms. The number of aromatic nitrogens is 1. The molecule has 3 N–H and O–H groups in total. The molecule has 0 aromatic carbocycles. The van der Waals surface area contributed by atoms with E-state index in [9.17, 15) is 0 Å². The Morgan fingerprint density at radius 1 is 1.61 bits per heavy atom. The number of pyridine rings is 1. The SMILES string of the molecule is CCOc1cccc(N(C)C(C)CC(N)=NO)n1. The van der Waals surface area contributed by atoms with Crippen LogP contribution in [0.25, 0.3) is 0 Å². The maximum Gasteiger partial charge on any atom is 0.215 e. The zero-order chi connectivity index (χ0) is 13.5. The molecule has 100 valence electrons. The summed E-state index contributed by atoms with van der Waals surface area (Å²) in [4.78, 5) is 6.34. The number of ether oxygens (including phenoxy) is 1. The van der Waals surface area contributed by atoms with Gasteiger partial charge in [0.1, 0.15) is 11.7 Å². The van der Waals surface area contributed by atoms with E-state index < -0.39 is 0 Å². The van der Waals surface area contributed by atoms with Gasteiger partial charge in [-0.2, -0.15) is 4.98 Å². The van der Waals surface area contributed by atoms with Crippen LogP contribution >= 0.6 is 0 Å². The van der Waals surface area contributed by atoms with E-state index in [2.05, 4.69) is 10.1 Å². The van der Waals surface area contributed by atoms with Crippen molar-refractivity contribution >= 4 is 11.7 Å². The van der Waals surface area contributed by atoms with Crippen molar-refractivity contribution in [3.63, 3.8) is 0 Å². The summed E-state index contributed by atoms with van der Waals surface area (Å²) in [5.41, 5.74) is 5.50. The molecule has 0 aliphatic carbocycles. The van der Waals surface area contributed by atoms with Crippen LogP contribution in [0.1, 0.15) is 20.3 Å². The third-order valence-corrected chi connectivity index (χ3v) is 2.66. The van der Waals surface area contributed by atoms with Gasteiger partial charge >= 0.3 is 0 Å². The summed E-state index contributed by atoms with van der Waals surface area (Å²) >= 11 is 0. The number of hydrogen-bond acceptors (Lipinski definition) is 5. The van der Waals surface area contributed by atoms with Gasteiger partial charge in [0.15, 0.2) is 0 Å². The Labute approximate surface area is 107 Å². The summed E-state index contributed by atoms with van der Waals surface area (Å²) in [6, 6.07) is 5.67. The van der Waals surface area contributed by atoms with Gasteiger partial charge in [0, 0.05) is 25.6 Å². The number of oxime groups is 1. The topological polar surface area (TPSA) is 84.0 Å². The van der Waals surface area contributed by atoms with Crippen molar-refractivity contribution in [1.29, 1.82) is 0 Å². The molecule has 0 aliphatic rings. The van der Waals surface area contributed by atoms with E-state index in [4.69, 9.17) is 15.7 Å². The zero-order valence-corrected chi connectivity index (χ0v) is 11.0. The van der Waals surface area contributed by atoms with Crippen molar-refractivity contribution < 1.29 is 9.94 Å². The van der Waals surface area contributed by atoms with Crippen LogP contribution in [0.5, 0.6) is 5.88 Å². The molecule has 0 spiro atoms. The molecule has 0 fully saturated rings. The average molecular weight is 252 g/mol. The van der Waals surface area contributed by atoms with Crippen molar-refractivity contribution in [2.45, 2.75) is 26.3 Å². The predicted octanol–water partition coefficient (Wildman–Crippen LogP) is 1.44. The molecule has 0 amide bonds. The van der Waals surface area contributed by atoms with Crippen molar-refractivity contribution in [2.24, 2.45) is 10.9 Å². The lowest BCUT2D eigenvalue weighted by Gasteiger charge is -2.25. The molecule has 6 nitrogen and oxygen atoms in total. The van der Waals surface area contributed by atoms with Crippen LogP contribution in [0, 0.1) is 0 Å². The molecule has 1 unspecified atom stereocenters. The number of nitrogens with zero attached hydrogens (tertiary/aromatic N) is 3. The minimum Gasteiger partial charge on any atom is -0.478 e. The first-order valence-electron chi connectivity index (χ1n) is 5.87. The number of nitrogens with two attached hydrogens (primary N) is 1. The highest BCUT2D eigenvalue weighted by molar-refractivity contribution is 5.80. The first kappa shape index (κ1) is 14.1. The molecule has 1 heterocycles. The van der Waals surface area contributed by atoms with Gasteiger partial charge < -0.3 is 20.6 Å². The summed E-state index contributed by atoms with van der Waals surface area (Å²) in [5.74, 6) is 1.59. The van der Waals surface area contributed by atoms with Crippen molar-refractivity contribution in [3.05, 3.63) is 18.2 Å². The molecule has 1 aromatic heterocycles. The van der Waals surface area contributed by atoms with Gasteiger partial charge in [0.05, 0.1) is 6.61 Å². The maximum absolute atomic E-state index is 8.56. The van der Waals surface area contributed by atoms with E-state index in [1.54, 1.807) is 0 Å².